The third-order valence-electron chi connectivity index (χ3n) is 3.51. The van der Waals surface area contributed by atoms with Crippen LogP contribution >= 0.6 is 0 Å². The normalized spacial score (nSPS) is 30.1. The van der Waals surface area contributed by atoms with E-state index in [4.69, 9.17) is 4.74 Å². The average molecular weight is 222 g/mol. The summed E-state index contributed by atoms with van der Waals surface area (Å²) in [5.74, 6) is 2.04. The van der Waals surface area contributed by atoms with Crippen LogP contribution in [0, 0.1) is 6.92 Å². The zero-order chi connectivity index (χ0) is 11.0. The summed E-state index contributed by atoms with van der Waals surface area (Å²) in [5.41, 5.74) is 0. The first kappa shape index (κ1) is 10.2. The molecule has 2 atom stereocenters. The van der Waals surface area contributed by atoms with Gasteiger partial charge in [0.05, 0.1) is 6.04 Å². The maximum absolute atomic E-state index is 5.71. The summed E-state index contributed by atoms with van der Waals surface area (Å²) >= 11 is 0. The zero-order valence-corrected chi connectivity index (χ0v) is 9.65. The summed E-state index contributed by atoms with van der Waals surface area (Å²) in [4.78, 5) is 0. The van der Waals surface area contributed by atoms with Crippen LogP contribution in [0.3, 0.4) is 0 Å². The van der Waals surface area contributed by atoms with Gasteiger partial charge in [-0.2, -0.15) is 0 Å². The van der Waals surface area contributed by atoms with Crippen LogP contribution in [-0.4, -0.2) is 34.5 Å². The Balaban J connectivity index is 1.91. The van der Waals surface area contributed by atoms with Crippen molar-refractivity contribution in [1.82, 2.24) is 20.1 Å². The highest BCUT2D eigenvalue weighted by atomic mass is 16.5. The number of rotatable bonds is 2. The second kappa shape index (κ2) is 4.14. The summed E-state index contributed by atoms with van der Waals surface area (Å²) in [5, 5.41) is 11.9. The van der Waals surface area contributed by atoms with E-state index < -0.39 is 0 Å². The van der Waals surface area contributed by atoms with Gasteiger partial charge in [0.25, 0.3) is 0 Å². The molecule has 1 N–H and O–H groups in total. The number of nitrogens with one attached hydrogen (secondary N) is 1. The van der Waals surface area contributed by atoms with Gasteiger partial charge in [-0.3, -0.25) is 0 Å². The van der Waals surface area contributed by atoms with E-state index in [0.29, 0.717) is 6.04 Å². The quantitative estimate of drug-likeness (QED) is 0.810. The van der Waals surface area contributed by atoms with Crippen LogP contribution < -0.4 is 5.32 Å². The van der Waals surface area contributed by atoms with Gasteiger partial charge in [-0.1, -0.05) is 0 Å². The molecule has 0 aliphatic carbocycles. The van der Waals surface area contributed by atoms with Crippen molar-refractivity contribution in [3.8, 4) is 0 Å². The molecule has 2 aliphatic heterocycles. The Morgan fingerprint density at radius 2 is 2.31 bits per heavy atom. The van der Waals surface area contributed by atoms with Crippen LogP contribution in [0.1, 0.15) is 43.1 Å². The lowest BCUT2D eigenvalue weighted by Gasteiger charge is -2.17. The highest BCUT2D eigenvalue weighted by Crippen LogP contribution is 2.30. The molecule has 3 heterocycles. The van der Waals surface area contributed by atoms with E-state index in [9.17, 15) is 0 Å². The van der Waals surface area contributed by atoms with Gasteiger partial charge >= 0.3 is 0 Å². The van der Waals surface area contributed by atoms with Gasteiger partial charge in [0.15, 0.2) is 5.82 Å². The summed E-state index contributed by atoms with van der Waals surface area (Å²) in [6.07, 6.45) is 3.55. The molecule has 88 valence electrons. The predicted octanol–water partition coefficient (Wildman–Crippen LogP) is 0.972. The largest absolute Gasteiger partial charge is 0.370 e. The third kappa shape index (κ3) is 1.64. The van der Waals surface area contributed by atoms with Crippen LogP contribution in [-0.2, 0) is 4.74 Å². The van der Waals surface area contributed by atoms with E-state index in [1.165, 1.54) is 6.42 Å². The first-order valence-electron chi connectivity index (χ1n) is 6.10. The lowest BCUT2D eigenvalue weighted by molar-refractivity contribution is 0.100. The molecule has 0 saturated carbocycles. The Hall–Kier alpha value is -0.940. The van der Waals surface area contributed by atoms with E-state index in [2.05, 4.69) is 20.1 Å². The molecular weight excluding hydrogens is 204 g/mol. The Morgan fingerprint density at radius 1 is 1.38 bits per heavy atom. The lowest BCUT2D eigenvalue weighted by atomic mass is 10.2. The third-order valence-corrected chi connectivity index (χ3v) is 3.51. The molecule has 1 aromatic rings. The molecular formula is C11H18N4O. The van der Waals surface area contributed by atoms with Crippen molar-refractivity contribution >= 4 is 0 Å². The van der Waals surface area contributed by atoms with Crippen molar-refractivity contribution < 1.29 is 4.74 Å². The number of ether oxygens (including phenoxy) is 1. The minimum Gasteiger partial charge on any atom is -0.370 e. The smallest absolute Gasteiger partial charge is 0.162 e. The summed E-state index contributed by atoms with van der Waals surface area (Å²) in [6.45, 7) is 5.01. The number of aromatic nitrogens is 3. The predicted molar refractivity (Wildman–Crippen MR) is 59.2 cm³/mol. The van der Waals surface area contributed by atoms with Crippen LogP contribution in [0.25, 0.3) is 0 Å². The minimum atomic E-state index is 0.168. The van der Waals surface area contributed by atoms with E-state index in [1.54, 1.807) is 0 Å². The molecule has 2 saturated heterocycles. The van der Waals surface area contributed by atoms with Crippen LogP contribution in [0.4, 0.5) is 0 Å². The average Bonchev–Trinajstić information content (AvgIpc) is 2.96. The van der Waals surface area contributed by atoms with Gasteiger partial charge in [-0.15, -0.1) is 10.2 Å². The SMILES string of the molecule is Cc1nnc(C2CCCO2)n1C1CCNC1. The van der Waals surface area contributed by atoms with Gasteiger partial charge in [-0.25, -0.2) is 0 Å². The number of nitrogens with zero attached hydrogens (tertiary/aromatic N) is 3. The minimum absolute atomic E-state index is 0.168. The summed E-state index contributed by atoms with van der Waals surface area (Å²) < 4.78 is 7.98. The standard InChI is InChI=1S/C11H18N4O/c1-8-13-14-11(10-3-2-6-16-10)15(8)9-4-5-12-7-9/h9-10,12H,2-7H2,1H3. The van der Waals surface area contributed by atoms with E-state index >= 15 is 0 Å². The van der Waals surface area contributed by atoms with Crippen LogP contribution in [0.15, 0.2) is 0 Å². The maximum atomic E-state index is 5.71. The molecule has 0 amide bonds. The number of hydrogen-bond donors (Lipinski definition) is 1. The molecule has 2 unspecified atom stereocenters. The molecule has 2 fully saturated rings. The first-order valence-corrected chi connectivity index (χ1v) is 6.10. The van der Waals surface area contributed by atoms with E-state index in [-0.39, 0.29) is 6.10 Å². The maximum Gasteiger partial charge on any atom is 0.162 e. The Bertz CT molecular complexity index is 364. The van der Waals surface area contributed by atoms with Crippen molar-refractivity contribution in [1.29, 1.82) is 0 Å². The van der Waals surface area contributed by atoms with E-state index in [1.807, 2.05) is 6.92 Å². The molecule has 1 aromatic heterocycles. The second-order valence-electron chi connectivity index (χ2n) is 4.62. The van der Waals surface area contributed by atoms with Crippen molar-refractivity contribution in [3.63, 3.8) is 0 Å². The number of hydrogen-bond acceptors (Lipinski definition) is 4. The van der Waals surface area contributed by atoms with Crippen LogP contribution in [0.2, 0.25) is 0 Å². The Morgan fingerprint density at radius 3 is 3.00 bits per heavy atom. The molecule has 0 bridgehead atoms. The Labute approximate surface area is 95.2 Å². The molecule has 3 rings (SSSR count). The topological polar surface area (TPSA) is 52.0 Å². The fourth-order valence-electron chi connectivity index (χ4n) is 2.70. The van der Waals surface area contributed by atoms with Gasteiger partial charge in [0.2, 0.25) is 0 Å². The Kier molecular flexibility index (Phi) is 2.65. The molecule has 16 heavy (non-hydrogen) atoms. The molecule has 0 aromatic carbocycles. The first-order chi connectivity index (χ1) is 7.86. The number of aryl methyl sites for hydroxylation is 1. The van der Waals surface area contributed by atoms with Gasteiger partial charge in [-0.05, 0) is 32.7 Å². The summed E-state index contributed by atoms with van der Waals surface area (Å²) in [7, 11) is 0. The fraction of sp³-hybridized carbons (Fsp3) is 0.818. The van der Waals surface area contributed by atoms with Crippen molar-refractivity contribution in [2.45, 2.75) is 38.3 Å². The highest BCUT2D eigenvalue weighted by Gasteiger charge is 2.28. The van der Waals surface area contributed by atoms with Gasteiger partial charge in [0, 0.05) is 13.2 Å². The molecule has 0 spiro atoms. The zero-order valence-electron chi connectivity index (χ0n) is 9.65. The van der Waals surface area contributed by atoms with Crippen molar-refractivity contribution in [2.75, 3.05) is 19.7 Å². The molecule has 2 aliphatic rings. The summed E-state index contributed by atoms with van der Waals surface area (Å²) in [6, 6.07) is 0.509. The van der Waals surface area contributed by atoms with Crippen LogP contribution in [0.5, 0.6) is 0 Å². The van der Waals surface area contributed by atoms with Gasteiger partial charge < -0.3 is 14.6 Å². The van der Waals surface area contributed by atoms with E-state index in [0.717, 1.165) is 44.2 Å². The second-order valence-corrected chi connectivity index (χ2v) is 4.62. The lowest BCUT2D eigenvalue weighted by Crippen LogP contribution is -2.18. The fourth-order valence-corrected chi connectivity index (χ4v) is 2.70. The molecule has 5 heteroatoms. The van der Waals surface area contributed by atoms with Gasteiger partial charge in [0.1, 0.15) is 11.9 Å². The van der Waals surface area contributed by atoms with Crippen molar-refractivity contribution in [3.05, 3.63) is 11.6 Å². The molecule has 5 nitrogen and oxygen atoms in total. The highest BCUT2D eigenvalue weighted by molar-refractivity contribution is 5.03. The monoisotopic (exact) mass is 222 g/mol. The van der Waals surface area contributed by atoms with Crippen molar-refractivity contribution in [2.24, 2.45) is 0 Å². The molecule has 0 radical (unpaired) electrons.